The van der Waals surface area contributed by atoms with E-state index in [0.29, 0.717) is 10.4 Å². The minimum absolute atomic E-state index is 0.167. The van der Waals surface area contributed by atoms with Gasteiger partial charge in [0.15, 0.2) is 0 Å². The van der Waals surface area contributed by atoms with Crippen molar-refractivity contribution in [2.75, 3.05) is 0 Å². The van der Waals surface area contributed by atoms with Gasteiger partial charge in [0, 0.05) is 5.25 Å². The van der Waals surface area contributed by atoms with E-state index in [0.717, 1.165) is 5.92 Å². The minimum atomic E-state index is -0.917. The van der Waals surface area contributed by atoms with Crippen LogP contribution in [0.1, 0.15) is 39.0 Å². The van der Waals surface area contributed by atoms with Gasteiger partial charge in [0.25, 0.3) is 0 Å². The molecule has 6 nitrogen and oxygen atoms in total. The maximum atomic E-state index is 10.7. The van der Waals surface area contributed by atoms with Crippen LogP contribution >= 0.6 is 11.8 Å². The molecular formula is C11H18N4O2S. The van der Waals surface area contributed by atoms with E-state index in [1.165, 1.54) is 36.8 Å². The van der Waals surface area contributed by atoms with Crippen LogP contribution in [0.5, 0.6) is 0 Å². The van der Waals surface area contributed by atoms with Crippen molar-refractivity contribution in [1.82, 2.24) is 20.2 Å². The molecule has 1 aromatic heterocycles. The first-order valence-electron chi connectivity index (χ1n) is 6.33. The van der Waals surface area contributed by atoms with Gasteiger partial charge in [0.05, 0.1) is 0 Å². The van der Waals surface area contributed by atoms with Crippen molar-refractivity contribution in [3.05, 3.63) is 0 Å². The Balaban J connectivity index is 1.96. The average molecular weight is 270 g/mol. The Morgan fingerprint density at radius 3 is 3.11 bits per heavy atom. The van der Waals surface area contributed by atoms with Gasteiger partial charge < -0.3 is 5.11 Å². The third-order valence-electron chi connectivity index (χ3n) is 3.37. The molecule has 2 atom stereocenters. The second-order valence-electron chi connectivity index (χ2n) is 4.69. The molecule has 1 fully saturated rings. The smallest absolute Gasteiger partial charge is 0.325 e. The molecule has 2 unspecified atom stereocenters. The molecule has 2 rings (SSSR count). The van der Waals surface area contributed by atoms with Gasteiger partial charge in [-0.25, -0.2) is 4.68 Å². The number of aromatic nitrogens is 4. The lowest BCUT2D eigenvalue weighted by atomic mass is 9.87. The van der Waals surface area contributed by atoms with E-state index in [1.54, 1.807) is 11.8 Å². The van der Waals surface area contributed by atoms with Crippen molar-refractivity contribution in [1.29, 1.82) is 0 Å². The Bertz CT molecular complexity index is 410. The average Bonchev–Trinajstić information content (AvgIpc) is 2.76. The van der Waals surface area contributed by atoms with Crippen LogP contribution < -0.4 is 0 Å². The highest BCUT2D eigenvalue weighted by molar-refractivity contribution is 7.99. The van der Waals surface area contributed by atoms with Crippen molar-refractivity contribution in [3.63, 3.8) is 0 Å². The number of carboxylic acid groups (broad SMARTS) is 1. The molecule has 100 valence electrons. The Kier molecular flexibility index (Phi) is 4.57. The van der Waals surface area contributed by atoms with Crippen LogP contribution in [0.3, 0.4) is 0 Å². The molecule has 0 radical (unpaired) electrons. The van der Waals surface area contributed by atoms with E-state index in [4.69, 9.17) is 5.11 Å². The Labute approximate surface area is 110 Å². The van der Waals surface area contributed by atoms with Gasteiger partial charge in [-0.2, -0.15) is 0 Å². The molecule has 0 bridgehead atoms. The summed E-state index contributed by atoms with van der Waals surface area (Å²) in [6.07, 6.45) is 6.13. The van der Waals surface area contributed by atoms with Crippen LogP contribution in [0.15, 0.2) is 5.16 Å². The molecule has 1 aliphatic rings. The Morgan fingerprint density at radius 2 is 2.39 bits per heavy atom. The maximum Gasteiger partial charge on any atom is 0.325 e. The third kappa shape index (κ3) is 3.44. The zero-order valence-electron chi connectivity index (χ0n) is 10.4. The molecule has 7 heteroatoms. The number of hydrogen-bond acceptors (Lipinski definition) is 5. The summed E-state index contributed by atoms with van der Waals surface area (Å²) in [5.41, 5.74) is 0. The normalized spacial score (nSPS) is 24.1. The monoisotopic (exact) mass is 270 g/mol. The second kappa shape index (κ2) is 6.17. The molecule has 1 aliphatic carbocycles. The van der Waals surface area contributed by atoms with Crippen molar-refractivity contribution >= 4 is 17.7 Å². The summed E-state index contributed by atoms with van der Waals surface area (Å²) in [5, 5.41) is 21.1. The molecule has 0 aliphatic heterocycles. The topological polar surface area (TPSA) is 80.9 Å². The van der Waals surface area contributed by atoms with E-state index in [1.807, 2.05) is 0 Å². The molecular weight excluding hydrogens is 252 g/mol. The van der Waals surface area contributed by atoms with Crippen molar-refractivity contribution in [3.8, 4) is 0 Å². The predicted octanol–water partition coefficient (Wildman–Crippen LogP) is 1.82. The highest BCUT2D eigenvalue weighted by Gasteiger charge is 2.24. The van der Waals surface area contributed by atoms with Gasteiger partial charge in [-0.15, -0.1) is 5.10 Å². The number of rotatable bonds is 5. The van der Waals surface area contributed by atoms with Crippen LogP contribution in [-0.4, -0.2) is 36.5 Å². The first kappa shape index (κ1) is 13.3. The number of nitrogens with zero attached hydrogens (tertiary/aromatic N) is 4. The summed E-state index contributed by atoms with van der Waals surface area (Å²) in [5.74, 6) is -0.126. The van der Waals surface area contributed by atoms with Crippen LogP contribution in [0.4, 0.5) is 0 Å². The summed E-state index contributed by atoms with van der Waals surface area (Å²) in [6, 6.07) is 0. The zero-order chi connectivity index (χ0) is 13.0. The first-order chi connectivity index (χ1) is 8.69. The molecule has 1 aromatic rings. The molecule has 0 amide bonds. The summed E-state index contributed by atoms with van der Waals surface area (Å²) in [6.45, 7) is 2.06. The lowest BCUT2D eigenvalue weighted by Gasteiger charge is -2.27. The van der Waals surface area contributed by atoms with Crippen LogP contribution in [0.2, 0.25) is 0 Å². The van der Waals surface area contributed by atoms with E-state index in [-0.39, 0.29) is 6.54 Å². The third-order valence-corrected chi connectivity index (χ3v) is 4.63. The second-order valence-corrected chi connectivity index (χ2v) is 5.96. The van der Waals surface area contributed by atoms with E-state index < -0.39 is 5.97 Å². The van der Waals surface area contributed by atoms with Crippen molar-refractivity contribution in [2.45, 2.75) is 56.0 Å². The molecule has 1 N–H and O–H groups in total. The van der Waals surface area contributed by atoms with Crippen molar-refractivity contribution in [2.24, 2.45) is 5.92 Å². The van der Waals surface area contributed by atoms with Gasteiger partial charge >= 0.3 is 5.97 Å². The number of tetrazole rings is 1. The molecule has 1 saturated carbocycles. The van der Waals surface area contributed by atoms with Gasteiger partial charge in [-0.3, -0.25) is 4.79 Å². The Hall–Kier alpha value is -1.11. The number of thioether (sulfide) groups is 1. The summed E-state index contributed by atoms with van der Waals surface area (Å²) < 4.78 is 1.36. The number of aliphatic carboxylic acids is 1. The van der Waals surface area contributed by atoms with E-state index >= 15 is 0 Å². The maximum absolute atomic E-state index is 10.7. The predicted molar refractivity (Wildman–Crippen MR) is 67.3 cm³/mol. The Morgan fingerprint density at radius 1 is 1.56 bits per heavy atom. The van der Waals surface area contributed by atoms with Crippen LogP contribution in [0, 0.1) is 5.92 Å². The largest absolute Gasteiger partial charge is 0.480 e. The highest BCUT2D eigenvalue weighted by Crippen LogP contribution is 2.36. The van der Waals surface area contributed by atoms with E-state index in [9.17, 15) is 4.79 Å². The fourth-order valence-electron chi connectivity index (χ4n) is 2.38. The summed E-state index contributed by atoms with van der Waals surface area (Å²) in [4.78, 5) is 10.7. The molecule has 0 spiro atoms. The number of carboxylic acids is 1. The lowest BCUT2D eigenvalue weighted by Crippen LogP contribution is -2.18. The molecule has 0 saturated heterocycles. The lowest BCUT2D eigenvalue weighted by molar-refractivity contribution is -0.138. The fraction of sp³-hybridized carbons (Fsp3) is 0.818. The summed E-state index contributed by atoms with van der Waals surface area (Å²) >= 11 is 1.62. The molecule has 1 heterocycles. The van der Waals surface area contributed by atoms with Crippen LogP contribution in [-0.2, 0) is 11.3 Å². The molecule has 18 heavy (non-hydrogen) atoms. The summed E-state index contributed by atoms with van der Waals surface area (Å²) in [7, 11) is 0. The van der Waals surface area contributed by atoms with Gasteiger partial charge in [0.1, 0.15) is 6.54 Å². The quantitative estimate of drug-likeness (QED) is 0.879. The van der Waals surface area contributed by atoms with Crippen LogP contribution in [0.25, 0.3) is 0 Å². The standard InChI is InChI=1S/C11H18N4O2S/c1-2-8-4-3-5-9(6-8)18-11-12-13-14-15(11)7-10(16)17/h8-9H,2-7H2,1H3,(H,16,17). The SMILES string of the molecule is CCC1CCCC(Sc2nnnn2CC(=O)O)C1. The van der Waals surface area contributed by atoms with Gasteiger partial charge in [-0.05, 0) is 29.2 Å². The zero-order valence-corrected chi connectivity index (χ0v) is 11.3. The fourth-order valence-corrected chi connectivity index (χ4v) is 3.63. The van der Waals surface area contributed by atoms with Gasteiger partial charge in [-0.1, -0.05) is 37.9 Å². The van der Waals surface area contributed by atoms with Crippen molar-refractivity contribution < 1.29 is 9.90 Å². The van der Waals surface area contributed by atoms with E-state index in [2.05, 4.69) is 22.4 Å². The highest BCUT2D eigenvalue weighted by atomic mass is 32.2. The first-order valence-corrected chi connectivity index (χ1v) is 7.21. The minimum Gasteiger partial charge on any atom is -0.480 e. The van der Waals surface area contributed by atoms with Gasteiger partial charge in [0.2, 0.25) is 5.16 Å². The molecule has 0 aromatic carbocycles. The number of hydrogen-bond donors (Lipinski definition) is 1. The number of carbonyl (C=O) groups is 1.